The van der Waals surface area contributed by atoms with E-state index in [1.54, 1.807) is 13.8 Å². The van der Waals surface area contributed by atoms with Crippen LogP contribution in [0.15, 0.2) is 6.33 Å². The maximum Gasteiger partial charge on any atom is 0.322 e. The summed E-state index contributed by atoms with van der Waals surface area (Å²) >= 11 is 0. The molecule has 0 saturated carbocycles. The zero-order valence-corrected chi connectivity index (χ0v) is 11.5. The van der Waals surface area contributed by atoms with Crippen LogP contribution in [0.1, 0.15) is 33.5 Å². The zero-order chi connectivity index (χ0) is 13.5. The number of hydrogen-bond acceptors (Lipinski definition) is 5. The van der Waals surface area contributed by atoms with Crippen molar-refractivity contribution >= 4 is 5.97 Å². The molecule has 0 aliphatic heterocycles. The minimum atomic E-state index is -0.339. The first-order valence-electron chi connectivity index (χ1n) is 6.31. The number of ether oxygens (including phenoxy) is 1. The van der Waals surface area contributed by atoms with Crippen LogP contribution in [-0.2, 0) is 22.6 Å². The van der Waals surface area contributed by atoms with Gasteiger partial charge >= 0.3 is 5.97 Å². The van der Waals surface area contributed by atoms with Crippen LogP contribution in [0.2, 0.25) is 0 Å². The van der Waals surface area contributed by atoms with Gasteiger partial charge in [0.2, 0.25) is 0 Å². The molecule has 1 unspecified atom stereocenters. The Morgan fingerprint density at radius 2 is 2.22 bits per heavy atom. The molecule has 102 valence electrons. The minimum absolute atomic E-state index is 0.243. The van der Waals surface area contributed by atoms with Gasteiger partial charge in [0.05, 0.1) is 13.2 Å². The molecule has 1 aromatic heterocycles. The number of aromatic nitrogens is 3. The molecule has 0 bridgehead atoms. The normalized spacial score (nSPS) is 12.7. The van der Waals surface area contributed by atoms with Crippen molar-refractivity contribution in [1.82, 2.24) is 20.1 Å². The van der Waals surface area contributed by atoms with Gasteiger partial charge in [-0.2, -0.15) is 5.10 Å². The number of carbonyl (C=O) groups is 1. The molecule has 0 aromatic carbocycles. The van der Waals surface area contributed by atoms with Crippen molar-refractivity contribution in [3.05, 3.63) is 12.2 Å². The van der Waals surface area contributed by atoms with Crippen molar-refractivity contribution in [3.8, 4) is 0 Å². The molecule has 0 radical (unpaired) electrons. The Kier molecular flexibility index (Phi) is 5.77. The number of nitrogens with one attached hydrogen (secondary N) is 1. The highest BCUT2D eigenvalue weighted by atomic mass is 16.5. The number of nitrogens with zero attached hydrogens (tertiary/aromatic N) is 3. The van der Waals surface area contributed by atoms with Crippen molar-refractivity contribution in [2.75, 3.05) is 6.61 Å². The van der Waals surface area contributed by atoms with Crippen LogP contribution >= 0.6 is 0 Å². The van der Waals surface area contributed by atoms with Crippen molar-refractivity contribution in [3.63, 3.8) is 0 Å². The Morgan fingerprint density at radius 3 is 2.83 bits per heavy atom. The predicted molar refractivity (Wildman–Crippen MR) is 67.8 cm³/mol. The van der Waals surface area contributed by atoms with E-state index in [0.717, 1.165) is 12.4 Å². The second-order valence-corrected chi connectivity index (χ2v) is 4.61. The van der Waals surface area contributed by atoms with E-state index in [2.05, 4.69) is 29.2 Å². The molecule has 6 heteroatoms. The van der Waals surface area contributed by atoms with Crippen molar-refractivity contribution in [2.24, 2.45) is 5.92 Å². The molecular weight excluding hydrogens is 232 g/mol. The Balaban J connectivity index is 2.48. The molecule has 0 fully saturated rings. The van der Waals surface area contributed by atoms with Gasteiger partial charge in [-0.05, 0) is 19.8 Å². The lowest BCUT2D eigenvalue weighted by atomic mass is 10.2. The fourth-order valence-corrected chi connectivity index (χ4v) is 1.52. The fourth-order valence-electron chi connectivity index (χ4n) is 1.52. The van der Waals surface area contributed by atoms with Crippen LogP contribution in [0.4, 0.5) is 0 Å². The molecule has 1 atom stereocenters. The first-order valence-corrected chi connectivity index (χ1v) is 6.31. The highest BCUT2D eigenvalue weighted by Crippen LogP contribution is 2.01. The van der Waals surface area contributed by atoms with Gasteiger partial charge in [-0.3, -0.25) is 10.1 Å². The quantitative estimate of drug-likeness (QED) is 0.734. The van der Waals surface area contributed by atoms with Gasteiger partial charge in [0.1, 0.15) is 18.2 Å². The number of esters is 1. The van der Waals surface area contributed by atoms with E-state index in [1.165, 1.54) is 6.33 Å². The van der Waals surface area contributed by atoms with E-state index >= 15 is 0 Å². The Bertz CT molecular complexity index is 376. The van der Waals surface area contributed by atoms with Crippen molar-refractivity contribution in [1.29, 1.82) is 0 Å². The SMILES string of the molecule is CCOC(=O)C(C)NCc1ncnn1CC(C)C. The van der Waals surface area contributed by atoms with Gasteiger partial charge in [0, 0.05) is 6.54 Å². The summed E-state index contributed by atoms with van der Waals surface area (Å²) in [6.07, 6.45) is 1.54. The summed E-state index contributed by atoms with van der Waals surface area (Å²) in [5, 5.41) is 7.25. The maximum absolute atomic E-state index is 11.4. The number of hydrogen-bond donors (Lipinski definition) is 1. The Hall–Kier alpha value is -1.43. The van der Waals surface area contributed by atoms with Crippen LogP contribution in [0, 0.1) is 5.92 Å². The molecule has 1 N–H and O–H groups in total. The topological polar surface area (TPSA) is 69.0 Å². The third-order valence-corrected chi connectivity index (χ3v) is 2.44. The average molecular weight is 254 g/mol. The summed E-state index contributed by atoms with van der Waals surface area (Å²) in [4.78, 5) is 15.6. The molecule has 1 rings (SSSR count). The maximum atomic E-state index is 11.4. The number of carbonyl (C=O) groups excluding carboxylic acids is 1. The van der Waals surface area contributed by atoms with E-state index in [9.17, 15) is 4.79 Å². The van der Waals surface area contributed by atoms with E-state index in [1.807, 2.05) is 4.68 Å². The molecule has 0 saturated heterocycles. The van der Waals surface area contributed by atoms with Crippen LogP contribution in [-0.4, -0.2) is 33.4 Å². The fraction of sp³-hybridized carbons (Fsp3) is 0.750. The van der Waals surface area contributed by atoms with E-state index in [4.69, 9.17) is 4.74 Å². The second kappa shape index (κ2) is 7.10. The predicted octanol–water partition coefficient (Wildman–Crippen LogP) is 0.975. The Labute approximate surface area is 108 Å². The molecular formula is C12H22N4O2. The van der Waals surface area contributed by atoms with Crippen LogP contribution < -0.4 is 5.32 Å². The molecule has 0 amide bonds. The standard InChI is InChI=1S/C12H22N4O2/c1-5-18-12(17)10(4)13-6-11-14-8-15-16(11)7-9(2)3/h8-10,13H,5-7H2,1-4H3. The highest BCUT2D eigenvalue weighted by molar-refractivity contribution is 5.75. The summed E-state index contributed by atoms with van der Waals surface area (Å²) < 4.78 is 6.78. The third kappa shape index (κ3) is 4.44. The van der Waals surface area contributed by atoms with Gasteiger partial charge in [-0.25, -0.2) is 9.67 Å². The minimum Gasteiger partial charge on any atom is -0.465 e. The smallest absolute Gasteiger partial charge is 0.322 e. The van der Waals surface area contributed by atoms with Crippen molar-refractivity contribution < 1.29 is 9.53 Å². The molecule has 1 heterocycles. The highest BCUT2D eigenvalue weighted by Gasteiger charge is 2.14. The lowest BCUT2D eigenvalue weighted by Gasteiger charge is -2.13. The summed E-state index contributed by atoms with van der Waals surface area (Å²) in [6.45, 7) is 9.55. The molecule has 1 aromatic rings. The zero-order valence-electron chi connectivity index (χ0n) is 11.5. The largest absolute Gasteiger partial charge is 0.465 e. The summed E-state index contributed by atoms with van der Waals surface area (Å²) in [5.74, 6) is 1.10. The lowest BCUT2D eigenvalue weighted by molar-refractivity contribution is -0.145. The Morgan fingerprint density at radius 1 is 1.50 bits per heavy atom. The van der Waals surface area contributed by atoms with Gasteiger partial charge < -0.3 is 4.74 Å². The van der Waals surface area contributed by atoms with Crippen LogP contribution in [0.3, 0.4) is 0 Å². The van der Waals surface area contributed by atoms with E-state index < -0.39 is 0 Å². The first kappa shape index (κ1) is 14.6. The molecule has 0 spiro atoms. The average Bonchev–Trinajstić information content (AvgIpc) is 2.72. The van der Waals surface area contributed by atoms with Gasteiger partial charge in [0.15, 0.2) is 0 Å². The number of rotatable bonds is 7. The molecule has 18 heavy (non-hydrogen) atoms. The molecule has 0 aliphatic rings. The summed E-state index contributed by atoms with van der Waals surface area (Å²) in [5.41, 5.74) is 0. The lowest BCUT2D eigenvalue weighted by Crippen LogP contribution is -2.35. The molecule has 0 aliphatic carbocycles. The molecule has 6 nitrogen and oxygen atoms in total. The van der Waals surface area contributed by atoms with E-state index in [0.29, 0.717) is 19.1 Å². The van der Waals surface area contributed by atoms with Crippen molar-refractivity contribution in [2.45, 2.75) is 46.8 Å². The van der Waals surface area contributed by atoms with Gasteiger partial charge in [-0.1, -0.05) is 13.8 Å². The monoisotopic (exact) mass is 254 g/mol. The summed E-state index contributed by atoms with van der Waals surface area (Å²) in [6, 6.07) is -0.339. The van der Waals surface area contributed by atoms with Gasteiger partial charge in [0.25, 0.3) is 0 Å². The van der Waals surface area contributed by atoms with Gasteiger partial charge in [-0.15, -0.1) is 0 Å². The van der Waals surface area contributed by atoms with Crippen LogP contribution in [0.5, 0.6) is 0 Å². The van der Waals surface area contributed by atoms with Crippen LogP contribution in [0.25, 0.3) is 0 Å². The second-order valence-electron chi connectivity index (χ2n) is 4.61. The third-order valence-electron chi connectivity index (χ3n) is 2.44. The first-order chi connectivity index (χ1) is 8.54. The summed E-state index contributed by atoms with van der Waals surface area (Å²) in [7, 11) is 0. The van der Waals surface area contributed by atoms with E-state index in [-0.39, 0.29) is 12.0 Å².